The summed E-state index contributed by atoms with van der Waals surface area (Å²) < 4.78 is 0. The van der Waals surface area contributed by atoms with Gasteiger partial charge in [-0.15, -0.1) is 0 Å². The zero-order chi connectivity index (χ0) is 11.4. The van der Waals surface area contributed by atoms with E-state index in [0.717, 1.165) is 12.0 Å². The Balaban J connectivity index is 2.37. The van der Waals surface area contributed by atoms with Gasteiger partial charge in [-0.1, -0.05) is 37.3 Å². The second-order valence-corrected chi connectivity index (χ2v) is 3.82. The van der Waals surface area contributed by atoms with Crippen LogP contribution in [0.2, 0.25) is 0 Å². The van der Waals surface area contributed by atoms with Gasteiger partial charge in [0.05, 0.1) is 6.04 Å². The highest BCUT2D eigenvalue weighted by molar-refractivity contribution is 5.35. The van der Waals surface area contributed by atoms with E-state index in [1.807, 2.05) is 30.5 Å². The zero-order valence-electron chi connectivity index (χ0n) is 9.43. The lowest BCUT2D eigenvalue weighted by Crippen LogP contribution is -2.14. The molecular formula is C14H16N2. The molecule has 1 unspecified atom stereocenters. The number of hydrogen-bond donors (Lipinski definition) is 1. The summed E-state index contributed by atoms with van der Waals surface area (Å²) in [6.07, 6.45) is 4.67. The number of nitrogens with two attached hydrogens (primary N) is 1. The first kappa shape index (κ1) is 10.8. The highest BCUT2D eigenvalue weighted by Crippen LogP contribution is 2.22. The summed E-state index contributed by atoms with van der Waals surface area (Å²) in [4.78, 5) is 4.14. The summed E-state index contributed by atoms with van der Waals surface area (Å²) >= 11 is 0. The molecule has 2 rings (SSSR count). The fourth-order valence-electron chi connectivity index (χ4n) is 1.88. The molecule has 0 saturated carbocycles. The number of hydrogen-bond acceptors (Lipinski definition) is 2. The van der Waals surface area contributed by atoms with Crippen LogP contribution >= 0.6 is 0 Å². The van der Waals surface area contributed by atoms with Gasteiger partial charge in [-0.05, 0) is 29.2 Å². The maximum atomic E-state index is 6.26. The molecule has 1 aromatic heterocycles. The molecule has 1 atom stereocenters. The Labute approximate surface area is 96.1 Å². The van der Waals surface area contributed by atoms with Crippen LogP contribution in [0.15, 0.2) is 48.8 Å². The smallest absolute Gasteiger partial charge is 0.0555 e. The van der Waals surface area contributed by atoms with Crippen molar-refractivity contribution >= 4 is 0 Å². The van der Waals surface area contributed by atoms with Gasteiger partial charge in [-0.2, -0.15) is 0 Å². The molecule has 0 spiro atoms. The number of nitrogens with zero attached hydrogens (tertiary/aromatic N) is 1. The van der Waals surface area contributed by atoms with Crippen LogP contribution in [0.5, 0.6) is 0 Å². The van der Waals surface area contributed by atoms with Crippen molar-refractivity contribution in [2.24, 2.45) is 5.73 Å². The molecule has 2 aromatic rings. The quantitative estimate of drug-likeness (QED) is 0.849. The molecule has 16 heavy (non-hydrogen) atoms. The van der Waals surface area contributed by atoms with Gasteiger partial charge in [0, 0.05) is 12.4 Å². The number of benzene rings is 1. The van der Waals surface area contributed by atoms with Crippen molar-refractivity contribution in [2.75, 3.05) is 0 Å². The lowest BCUT2D eigenvalue weighted by molar-refractivity contribution is 0.843. The first-order chi connectivity index (χ1) is 7.83. The summed E-state index contributed by atoms with van der Waals surface area (Å²) in [6.45, 7) is 2.12. The van der Waals surface area contributed by atoms with E-state index in [1.54, 1.807) is 6.20 Å². The van der Waals surface area contributed by atoms with E-state index in [1.165, 1.54) is 11.1 Å². The number of aryl methyl sites for hydroxylation is 1. The Morgan fingerprint density at radius 1 is 1.19 bits per heavy atom. The topological polar surface area (TPSA) is 38.9 Å². The van der Waals surface area contributed by atoms with Gasteiger partial charge in [-0.25, -0.2) is 0 Å². The van der Waals surface area contributed by atoms with Crippen molar-refractivity contribution in [1.82, 2.24) is 4.98 Å². The molecule has 1 aromatic carbocycles. The van der Waals surface area contributed by atoms with E-state index in [-0.39, 0.29) is 6.04 Å². The van der Waals surface area contributed by atoms with Crippen LogP contribution in [0.25, 0.3) is 0 Å². The monoisotopic (exact) mass is 212 g/mol. The molecule has 0 aliphatic heterocycles. The van der Waals surface area contributed by atoms with Crippen LogP contribution in [-0.2, 0) is 6.42 Å². The average Bonchev–Trinajstić information content (AvgIpc) is 2.39. The minimum Gasteiger partial charge on any atom is -0.320 e. The predicted octanol–water partition coefficient (Wildman–Crippen LogP) is 2.69. The third-order valence-corrected chi connectivity index (χ3v) is 2.82. The normalized spacial score (nSPS) is 12.4. The summed E-state index contributed by atoms with van der Waals surface area (Å²) in [7, 11) is 0. The summed E-state index contributed by atoms with van der Waals surface area (Å²) in [5.74, 6) is 0. The van der Waals surface area contributed by atoms with Crippen molar-refractivity contribution in [3.63, 3.8) is 0 Å². The third kappa shape index (κ3) is 2.12. The minimum atomic E-state index is -0.0563. The molecular weight excluding hydrogens is 196 g/mol. The van der Waals surface area contributed by atoms with Gasteiger partial charge in [0.1, 0.15) is 0 Å². The SMILES string of the molecule is CCc1cnccc1C(N)c1ccccc1. The maximum Gasteiger partial charge on any atom is 0.0555 e. The Morgan fingerprint density at radius 3 is 2.62 bits per heavy atom. The Bertz CT molecular complexity index is 451. The molecule has 0 saturated heterocycles. The van der Waals surface area contributed by atoms with Crippen molar-refractivity contribution in [2.45, 2.75) is 19.4 Å². The first-order valence-corrected chi connectivity index (χ1v) is 5.56. The summed E-state index contributed by atoms with van der Waals surface area (Å²) in [6, 6.07) is 12.1. The lowest BCUT2D eigenvalue weighted by atomic mass is 9.96. The number of pyridine rings is 1. The molecule has 2 N–H and O–H groups in total. The lowest BCUT2D eigenvalue weighted by Gasteiger charge is -2.15. The summed E-state index contributed by atoms with van der Waals surface area (Å²) in [5, 5.41) is 0. The van der Waals surface area contributed by atoms with E-state index < -0.39 is 0 Å². The van der Waals surface area contributed by atoms with Gasteiger partial charge in [0.25, 0.3) is 0 Å². The molecule has 0 aliphatic carbocycles. The zero-order valence-corrected chi connectivity index (χ0v) is 9.43. The van der Waals surface area contributed by atoms with E-state index >= 15 is 0 Å². The van der Waals surface area contributed by atoms with Gasteiger partial charge in [0.15, 0.2) is 0 Å². The van der Waals surface area contributed by atoms with Crippen molar-refractivity contribution in [3.05, 3.63) is 65.5 Å². The highest BCUT2D eigenvalue weighted by Gasteiger charge is 2.11. The van der Waals surface area contributed by atoms with E-state index in [4.69, 9.17) is 5.73 Å². The first-order valence-electron chi connectivity index (χ1n) is 5.56. The Hall–Kier alpha value is -1.67. The van der Waals surface area contributed by atoms with Crippen molar-refractivity contribution in [1.29, 1.82) is 0 Å². The molecule has 2 heteroatoms. The Morgan fingerprint density at radius 2 is 1.94 bits per heavy atom. The van der Waals surface area contributed by atoms with E-state index in [0.29, 0.717) is 0 Å². The predicted molar refractivity (Wildman–Crippen MR) is 66.1 cm³/mol. The van der Waals surface area contributed by atoms with Gasteiger partial charge >= 0.3 is 0 Å². The van der Waals surface area contributed by atoms with Crippen LogP contribution in [0.4, 0.5) is 0 Å². The maximum absolute atomic E-state index is 6.26. The largest absolute Gasteiger partial charge is 0.320 e. The van der Waals surface area contributed by atoms with Gasteiger partial charge in [-0.3, -0.25) is 4.98 Å². The average molecular weight is 212 g/mol. The Kier molecular flexibility index (Phi) is 3.32. The molecule has 0 radical (unpaired) electrons. The van der Waals surface area contributed by atoms with Crippen molar-refractivity contribution in [3.8, 4) is 0 Å². The van der Waals surface area contributed by atoms with Crippen LogP contribution in [0.1, 0.15) is 29.7 Å². The second-order valence-electron chi connectivity index (χ2n) is 3.82. The molecule has 82 valence electrons. The highest BCUT2D eigenvalue weighted by atomic mass is 14.7. The van der Waals surface area contributed by atoms with E-state index in [9.17, 15) is 0 Å². The minimum absolute atomic E-state index is 0.0563. The molecule has 2 nitrogen and oxygen atoms in total. The number of aromatic nitrogens is 1. The van der Waals surface area contributed by atoms with Crippen molar-refractivity contribution < 1.29 is 0 Å². The molecule has 0 aliphatic rings. The standard InChI is InChI=1S/C14H16N2/c1-2-11-10-16-9-8-13(11)14(15)12-6-4-3-5-7-12/h3-10,14H,2,15H2,1H3. The fourth-order valence-corrected chi connectivity index (χ4v) is 1.88. The van der Waals surface area contributed by atoms with E-state index in [2.05, 4.69) is 24.0 Å². The summed E-state index contributed by atoms with van der Waals surface area (Å²) in [5.41, 5.74) is 9.80. The van der Waals surface area contributed by atoms with Crippen LogP contribution < -0.4 is 5.73 Å². The van der Waals surface area contributed by atoms with Crippen LogP contribution in [-0.4, -0.2) is 4.98 Å². The molecule has 0 bridgehead atoms. The van der Waals surface area contributed by atoms with Crippen LogP contribution in [0, 0.1) is 0 Å². The third-order valence-electron chi connectivity index (χ3n) is 2.82. The van der Waals surface area contributed by atoms with Gasteiger partial charge < -0.3 is 5.73 Å². The van der Waals surface area contributed by atoms with Crippen LogP contribution in [0.3, 0.4) is 0 Å². The van der Waals surface area contributed by atoms with Gasteiger partial charge in [0.2, 0.25) is 0 Å². The molecule has 1 heterocycles. The fraction of sp³-hybridized carbons (Fsp3) is 0.214. The molecule has 0 amide bonds. The second kappa shape index (κ2) is 4.90. The number of rotatable bonds is 3. The molecule has 0 fully saturated rings.